The van der Waals surface area contributed by atoms with Crippen LogP contribution in [0.15, 0.2) is 36.5 Å². The van der Waals surface area contributed by atoms with E-state index in [4.69, 9.17) is 0 Å². The largest absolute Gasteiger partial charge is 0.291 e. The molecule has 0 bridgehead atoms. The summed E-state index contributed by atoms with van der Waals surface area (Å²) in [5, 5.41) is 4.29. The Bertz CT molecular complexity index is 790. The molecular weight excluding hydrogens is 319 g/mol. The first-order valence-electron chi connectivity index (χ1n) is 7.34. The molecule has 1 aromatic carbocycles. The van der Waals surface area contributed by atoms with Crippen LogP contribution >= 0.6 is 0 Å². The van der Waals surface area contributed by atoms with Crippen molar-refractivity contribution in [2.75, 3.05) is 19.3 Å². The molecule has 0 saturated heterocycles. The van der Waals surface area contributed by atoms with E-state index in [-0.39, 0.29) is 18.4 Å². The molecule has 124 valence electrons. The smallest absolute Gasteiger partial charge is 0.208 e. The second kappa shape index (κ2) is 6.38. The van der Waals surface area contributed by atoms with Crippen LogP contribution in [0.1, 0.15) is 17.3 Å². The van der Waals surface area contributed by atoms with Gasteiger partial charge in [0.15, 0.2) is 0 Å². The third-order valence-electron chi connectivity index (χ3n) is 3.83. The van der Waals surface area contributed by atoms with Crippen LogP contribution in [0.3, 0.4) is 0 Å². The van der Waals surface area contributed by atoms with E-state index in [1.165, 1.54) is 12.1 Å². The molecule has 0 aliphatic carbocycles. The highest BCUT2D eigenvalue weighted by Gasteiger charge is 2.26. The maximum absolute atomic E-state index is 13.3. The minimum Gasteiger partial charge on any atom is -0.291 e. The molecule has 1 atom stereocenters. The predicted octanol–water partition coefficient (Wildman–Crippen LogP) is 1.13. The molecule has 0 fully saturated rings. The fraction of sp³-hybridized carbons (Fsp3) is 0.400. The van der Waals surface area contributed by atoms with Crippen LogP contribution in [0.25, 0.3) is 0 Å². The second-order valence-corrected chi connectivity index (χ2v) is 7.67. The first-order valence-corrected chi connectivity index (χ1v) is 9.24. The van der Waals surface area contributed by atoms with Crippen molar-refractivity contribution < 1.29 is 12.8 Å². The van der Waals surface area contributed by atoms with Gasteiger partial charge in [0.1, 0.15) is 5.82 Å². The Kier molecular flexibility index (Phi) is 4.47. The number of nitrogens with one attached hydrogen (secondary N) is 1. The lowest BCUT2D eigenvalue weighted by Gasteiger charge is -2.34. The van der Waals surface area contributed by atoms with E-state index in [1.54, 1.807) is 12.3 Å². The Morgan fingerprint density at radius 2 is 2.22 bits per heavy atom. The van der Waals surface area contributed by atoms with Gasteiger partial charge in [-0.15, -0.1) is 0 Å². The number of hydrogen-bond acceptors (Lipinski definition) is 4. The molecule has 0 unspecified atom stereocenters. The number of aromatic nitrogens is 2. The van der Waals surface area contributed by atoms with Gasteiger partial charge in [-0.1, -0.05) is 12.1 Å². The maximum Gasteiger partial charge on any atom is 0.208 e. The van der Waals surface area contributed by atoms with Crippen LogP contribution in [-0.2, 0) is 23.1 Å². The Hall–Kier alpha value is -1.77. The van der Waals surface area contributed by atoms with Crippen LogP contribution in [0.4, 0.5) is 4.39 Å². The van der Waals surface area contributed by atoms with Crippen molar-refractivity contribution in [2.24, 2.45) is 0 Å². The topological polar surface area (TPSA) is 67.2 Å². The Balaban J connectivity index is 1.74. The molecule has 0 spiro atoms. The third-order valence-corrected chi connectivity index (χ3v) is 4.52. The van der Waals surface area contributed by atoms with Crippen molar-refractivity contribution in [3.8, 4) is 0 Å². The zero-order chi connectivity index (χ0) is 16.4. The number of benzene rings is 1. The Labute approximate surface area is 135 Å². The van der Waals surface area contributed by atoms with Crippen molar-refractivity contribution in [3.05, 3.63) is 53.6 Å². The van der Waals surface area contributed by atoms with Crippen LogP contribution in [-0.4, -0.2) is 42.4 Å². The van der Waals surface area contributed by atoms with Gasteiger partial charge in [0.25, 0.3) is 0 Å². The Morgan fingerprint density at radius 3 is 2.96 bits per heavy atom. The van der Waals surface area contributed by atoms with E-state index in [2.05, 4.69) is 14.7 Å². The van der Waals surface area contributed by atoms with Crippen molar-refractivity contribution in [1.29, 1.82) is 0 Å². The fourth-order valence-corrected chi connectivity index (χ4v) is 3.37. The summed E-state index contributed by atoms with van der Waals surface area (Å²) in [5.74, 6) is -0.250. The molecule has 1 N–H and O–H groups in total. The van der Waals surface area contributed by atoms with Crippen molar-refractivity contribution in [3.63, 3.8) is 0 Å². The average Bonchev–Trinajstić information content (AvgIpc) is 2.92. The van der Waals surface area contributed by atoms with Gasteiger partial charge in [0, 0.05) is 32.4 Å². The minimum absolute atomic E-state index is 0.0861. The molecule has 1 aliphatic rings. The molecule has 23 heavy (non-hydrogen) atoms. The van der Waals surface area contributed by atoms with Crippen LogP contribution in [0, 0.1) is 5.82 Å². The first kappa shape index (κ1) is 16.1. The molecule has 0 radical (unpaired) electrons. The lowest BCUT2D eigenvalue weighted by molar-refractivity contribution is 0.168. The lowest BCUT2D eigenvalue weighted by atomic mass is 10.1. The highest BCUT2D eigenvalue weighted by Crippen LogP contribution is 2.22. The summed E-state index contributed by atoms with van der Waals surface area (Å²) in [7, 11) is -3.25. The van der Waals surface area contributed by atoms with Gasteiger partial charge in [-0.05, 0) is 23.8 Å². The number of nitrogens with zero attached hydrogens (tertiary/aromatic N) is 3. The van der Waals surface area contributed by atoms with Crippen molar-refractivity contribution in [2.45, 2.75) is 19.1 Å². The quantitative estimate of drug-likeness (QED) is 0.887. The average molecular weight is 338 g/mol. The highest BCUT2D eigenvalue weighted by molar-refractivity contribution is 7.88. The molecule has 2 heterocycles. The number of fused-ring (bicyclic) bond motifs is 1. The van der Waals surface area contributed by atoms with Crippen LogP contribution < -0.4 is 4.72 Å². The van der Waals surface area contributed by atoms with Gasteiger partial charge in [0.2, 0.25) is 10.0 Å². The zero-order valence-corrected chi connectivity index (χ0v) is 13.6. The van der Waals surface area contributed by atoms with Crippen molar-refractivity contribution >= 4 is 10.0 Å². The van der Waals surface area contributed by atoms with Crippen LogP contribution in [0.5, 0.6) is 0 Å². The standard InChI is InChI=1S/C15H19FN4O2S/c1-23(21,22)18-8-15-11-19(10-14-5-6-17-20(14)15)9-12-3-2-4-13(16)7-12/h2-7,15,18H,8-11H2,1H3/t15-/m0/s1. The lowest BCUT2D eigenvalue weighted by Crippen LogP contribution is -2.42. The number of hydrogen-bond donors (Lipinski definition) is 1. The summed E-state index contributed by atoms with van der Waals surface area (Å²) < 4.78 is 40.4. The van der Waals surface area contributed by atoms with Gasteiger partial charge in [-0.25, -0.2) is 17.5 Å². The summed E-state index contributed by atoms with van der Waals surface area (Å²) in [6.45, 7) is 2.24. The van der Waals surface area contributed by atoms with E-state index in [1.807, 2.05) is 16.8 Å². The van der Waals surface area contributed by atoms with E-state index in [0.29, 0.717) is 19.6 Å². The predicted molar refractivity (Wildman–Crippen MR) is 84.6 cm³/mol. The van der Waals surface area contributed by atoms with Gasteiger partial charge < -0.3 is 0 Å². The van der Waals surface area contributed by atoms with E-state index >= 15 is 0 Å². The molecular formula is C15H19FN4O2S. The first-order chi connectivity index (χ1) is 10.9. The molecule has 0 saturated carbocycles. The Morgan fingerprint density at radius 1 is 1.39 bits per heavy atom. The third kappa shape index (κ3) is 4.15. The van der Waals surface area contributed by atoms with Gasteiger partial charge in [-0.2, -0.15) is 5.10 Å². The number of halogens is 1. The van der Waals surface area contributed by atoms with Crippen LogP contribution in [0.2, 0.25) is 0 Å². The fourth-order valence-electron chi connectivity index (χ4n) is 2.88. The van der Waals surface area contributed by atoms with E-state index < -0.39 is 10.0 Å². The monoisotopic (exact) mass is 338 g/mol. The zero-order valence-electron chi connectivity index (χ0n) is 12.8. The van der Waals surface area contributed by atoms with E-state index in [9.17, 15) is 12.8 Å². The summed E-state index contributed by atoms with van der Waals surface area (Å²) in [6, 6.07) is 8.37. The molecule has 1 aliphatic heterocycles. The van der Waals surface area contributed by atoms with Gasteiger partial charge in [-0.3, -0.25) is 9.58 Å². The number of sulfonamides is 1. The van der Waals surface area contributed by atoms with E-state index in [0.717, 1.165) is 17.5 Å². The van der Waals surface area contributed by atoms with Gasteiger partial charge >= 0.3 is 0 Å². The maximum atomic E-state index is 13.3. The minimum atomic E-state index is -3.25. The van der Waals surface area contributed by atoms with Gasteiger partial charge in [0.05, 0.1) is 18.0 Å². The molecule has 2 aromatic rings. The second-order valence-electron chi connectivity index (χ2n) is 5.84. The molecule has 3 rings (SSSR count). The van der Waals surface area contributed by atoms with Crippen molar-refractivity contribution in [1.82, 2.24) is 19.4 Å². The summed E-state index contributed by atoms with van der Waals surface area (Å²) in [4.78, 5) is 2.17. The summed E-state index contributed by atoms with van der Waals surface area (Å²) in [5.41, 5.74) is 1.92. The molecule has 8 heteroatoms. The molecule has 0 amide bonds. The SMILES string of the molecule is CS(=O)(=O)NC[C@H]1CN(Cc2cccc(F)c2)Cc2ccnn21. The summed E-state index contributed by atoms with van der Waals surface area (Å²) >= 11 is 0. The number of rotatable bonds is 5. The molecule has 1 aromatic heterocycles. The normalized spacial score (nSPS) is 18.8. The summed E-state index contributed by atoms with van der Waals surface area (Å²) in [6.07, 6.45) is 2.86. The highest BCUT2D eigenvalue weighted by atomic mass is 32.2. The molecule has 6 nitrogen and oxygen atoms in total.